The molecule has 4 nitrogen and oxygen atoms in total. The molecule has 1 aromatic heterocycles. The van der Waals surface area contributed by atoms with Crippen molar-refractivity contribution in [1.29, 1.82) is 0 Å². The van der Waals surface area contributed by atoms with Crippen LogP contribution in [0.2, 0.25) is 0 Å². The normalized spacial score (nSPS) is 10.8. The Hall–Kier alpha value is -3.06. The fraction of sp³-hybridized carbons (Fsp3) is 0.280. The van der Waals surface area contributed by atoms with Crippen molar-refractivity contribution in [2.24, 2.45) is 0 Å². The van der Waals surface area contributed by atoms with Gasteiger partial charge in [-0.15, -0.1) is 11.3 Å². The molecule has 0 aliphatic rings. The molecule has 2 amide bonds. The van der Waals surface area contributed by atoms with Crippen molar-refractivity contribution in [3.8, 4) is 0 Å². The predicted octanol–water partition coefficient (Wildman–Crippen LogP) is 5.42. The van der Waals surface area contributed by atoms with Crippen LogP contribution in [0.5, 0.6) is 0 Å². The maximum Gasteiger partial charge on any atom is 0.257 e. The number of carbonyl (C=O) groups excluding carboxylic acids is 2. The van der Waals surface area contributed by atoms with Crippen molar-refractivity contribution in [1.82, 2.24) is 9.80 Å². The lowest BCUT2D eigenvalue weighted by Gasteiger charge is -2.28. The van der Waals surface area contributed by atoms with E-state index >= 15 is 0 Å². The third-order valence-corrected chi connectivity index (χ3v) is 6.16. The summed E-state index contributed by atoms with van der Waals surface area (Å²) in [7, 11) is 0. The van der Waals surface area contributed by atoms with Gasteiger partial charge >= 0.3 is 0 Å². The minimum absolute atomic E-state index is 0.0482. The van der Waals surface area contributed by atoms with Gasteiger partial charge in [-0.3, -0.25) is 9.59 Å². The van der Waals surface area contributed by atoms with Gasteiger partial charge in [0.2, 0.25) is 5.91 Å². The third-order valence-electron chi connectivity index (χ3n) is 5.15. The second kappa shape index (κ2) is 11.0. The van der Waals surface area contributed by atoms with Crippen LogP contribution in [-0.2, 0) is 17.9 Å². The largest absolute Gasteiger partial charge is 0.332 e. The minimum atomic E-state index is -0.608. The predicted molar refractivity (Wildman–Crippen MR) is 122 cm³/mol. The van der Waals surface area contributed by atoms with E-state index in [9.17, 15) is 18.4 Å². The number of halogens is 2. The van der Waals surface area contributed by atoms with Gasteiger partial charge in [-0.25, -0.2) is 8.78 Å². The Bertz CT molecular complexity index is 1070. The van der Waals surface area contributed by atoms with Gasteiger partial charge in [-0.1, -0.05) is 31.2 Å². The highest BCUT2D eigenvalue weighted by atomic mass is 32.1. The van der Waals surface area contributed by atoms with Gasteiger partial charge in [-0.2, -0.15) is 0 Å². The lowest BCUT2D eigenvalue weighted by atomic mass is 10.1. The first-order valence-electron chi connectivity index (χ1n) is 10.5. The maximum atomic E-state index is 14.2. The number of rotatable bonds is 9. The molecular formula is C25H26F2N2O2S. The fourth-order valence-electron chi connectivity index (χ4n) is 3.37. The molecule has 0 saturated carbocycles. The zero-order chi connectivity index (χ0) is 23.1. The quantitative estimate of drug-likeness (QED) is 0.432. The molecule has 0 saturated heterocycles. The number of amides is 2. The van der Waals surface area contributed by atoms with Crippen molar-refractivity contribution in [3.63, 3.8) is 0 Å². The standard InChI is InChI=1S/C25H26F2N2O2S/c1-3-13-28(25(31)21-6-4-5-7-22(21)27)17-24(30)29(16-23-18(2)12-14-32-23)15-19-8-10-20(26)11-9-19/h4-12,14H,3,13,15-17H2,1-2H3. The lowest BCUT2D eigenvalue weighted by molar-refractivity contribution is -0.133. The average molecular weight is 457 g/mol. The van der Waals surface area contributed by atoms with Crippen molar-refractivity contribution >= 4 is 23.2 Å². The van der Waals surface area contributed by atoms with Crippen LogP contribution in [0.4, 0.5) is 8.78 Å². The molecule has 0 fully saturated rings. The van der Waals surface area contributed by atoms with Crippen LogP contribution in [0, 0.1) is 18.6 Å². The summed E-state index contributed by atoms with van der Waals surface area (Å²) >= 11 is 1.56. The summed E-state index contributed by atoms with van der Waals surface area (Å²) in [5.74, 6) is -1.71. The molecule has 2 aromatic carbocycles. The molecule has 0 radical (unpaired) electrons. The van der Waals surface area contributed by atoms with Crippen LogP contribution < -0.4 is 0 Å². The molecule has 0 unspecified atom stereocenters. The number of hydrogen-bond acceptors (Lipinski definition) is 3. The average Bonchev–Trinajstić information content (AvgIpc) is 3.18. The van der Waals surface area contributed by atoms with E-state index in [1.54, 1.807) is 34.4 Å². The Morgan fingerprint density at radius 2 is 1.66 bits per heavy atom. The van der Waals surface area contributed by atoms with Gasteiger partial charge in [0.25, 0.3) is 5.91 Å². The molecule has 0 spiro atoms. The Labute approximate surface area is 191 Å². The lowest BCUT2D eigenvalue weighted by Crippen LogP contribution is -2.43. The van der Waals surface area contributed by atoms with Crippen LogP contribution in [-0.4, -0.2) is 34.7 Å². The summed E-state index contributed by atoms with van der Waals surface area (Å²) in [5, 5.41) is 1.97. The molecule has 0 N–H and O–H groups in total. The highest BCUT2D eigenvalue weighted by molar-refractivity contribution is 7.10. The minimum Gasteiger partial charge on any atom is -0.332 e. The number of benzene rings is 2. The van der Waals surface area contributed by atoms with Crippen LogP contribution >= 0.6 is 11.3 Å². The highest BCUT2D eigenvalue weighted by Gasteiger charge is 2.24. The fourth-order valence-corrected chi connectivity index (χ4v) is 4.29. The monoisotopic (exact) mass is 456 g/mol. The van der Waals surface area contributed by atoms with E-state index in [2.05, 4.69) is 0 Å². The number of nitrogens with zero attached hydrogens (tertiary/aromatic N) is 2. The molecule has 3 rings (SSSR count). The Kier molecular flexibility index (Phi) is 8.11. The third kappa shape index (κ3) is 6.01. The zero-order valence-corrected chi connectivity index (χ0v) is 19.0. The van der Waals surface area contributed by atoms with E-state index in [1.807, 2.05) is 25.3 Å². The molecule has 0 atom stereocenters. The first-order valence-corrected chi connectivity index (χ1v) is 11.4. The summed E-state index contributed by atoms with van der Waals surface area (Å²) in [6.45, 7) is 4.72. The van der Waals surface area contributed by atoms with Gasteiger partial charge in [0.15, 0.2) is 0 Å². The van der Waals surface area contributed by atoms with Crippen LogP contribution in [0.15, 0.2) is 60.0 Å². The van der Waals surface area contributed by atoms with Crippen molar-refractivity contribution < 1.29 is 18.4 Å². The first-order chi connectivity index (χ1) is 15.4. The Morgan fingerprint density at radius 3 is 2.28 bits per heavy atom. The second-order valence-electron chi connectivity index (χ2n) is 7.61. The molecule has 168 valence electrons. The van der Waals surface area contributed by atoms with Crippen LogP contribution in [0.25, 0.3) is 0 Å². The highest BCUT2D eigenvalue weighted by Crippen LogP contribution is 2.20. The van der Waals surface area contributed by atoms with Crippen molar-refractivity contribution in [2.75, 3.05) is 13.1 Å². The van der Waals surface area contributed by atoms with Gasteiger partial charge in [-0.05, 0) is 60.2 Å². The van der Waals surface area contributed by atoms with Crippen LogP contribution in [0.1, 0.15) is 39.7 Å². The number of aryl methyl sites for hydroxylation is 1. The Balaban J connectivity index is 1.82. The molecule has 32 heavy (non-hydrogen) atoms. The van der Waals surface area contributed by atoms with E-state index in [1.165, 1.54) is 35.2 Å². The summed E-state index contributed by atoms with van der Waals surface area (Å²) in [6, 6.07) is 13.8. The SMILES string of the molecule is CCCN(CC(=O)N(Cc1ccc(F)cc1)Cc1sccc1C)C(=O)c1ccccc1F. The molecule has 0 aliphatic carbocycles. The van der Waals surface area contributed by atoms with Gasteiger partial charge in [0.1, 0.15) is 18.2 Å². The van der Waals surface area contributed by atoms with Crippen LogP contribution in [0.3, 0.4) is 0 Å². The van der Waals surface area contributed by atoms with E-state index < -0.39 is 11.7 Å². The topological polar surface area (TPSA) is 40.6 Å². The summed E-state index contributed by atoms with van der Waals surface area (Å²) in [6.07, 6.45) is 0.634. The van der Waals surface area contributed by atoms with Gasteiger partial charge in [0, 0.05) is 18.0 Å². The molecule has 3 aromatic rings. The second-order valence-corrected chi connectivity index (χ2v) is 8.61. The maximum absolute atomic E-state index is 14.2. The molecule has 7 heteroatoms. The van der Waals surface area contributed by atoms with Gasteiger partial charge < -0.3 is 9.80 Å². The number of hydrogen-bond donors (Lipinski definition) is 0. The molecule has 1 heterocycles. The van der Waals surface area contributed by atoms with Crippen molar-refractivity contribution in [3.05, 3.63) is 93.2 Å². The smallest absolute Gasteiger partial charge is 0.257 e. The van der Waals surface area contributed by atoms with E-state index in [4.69, 9.17) is 0 Å². The van der Waals surface area contributed by atoms with E-state index in [0.29, 0.717) is 19.5 Å². The summed E-state index contributed by atoms with van der Waals surface area (Å²) < 4.78 is 27.5. The summed E-state index contributed by atoms with van der Waals surface area (Å²) in [4.78, 5) is 30.4. The molecule has 0 bridgehead atoms. The van der Waals surface area contributed by atoms with Gasteiger partial charge in [0.05, 0.1) is 12.1 Å². The van der Waals surface area contributed by atoms with E-state index in [0.717, 1.165) is 16.0 Å². The van der Waals surface area contributed by atoms with E-state index in [-0.39, 0.29) is 30.4 Å². The zero-order valence-electron chi connectivity index (χ0n) is 18.2. The van der Waals surface area contributed by atoms with Crippen molar-refractivity contribution in [2.45, 2.75) is 33.4 Å². The number of thiophene rings is 1. The first kappa shape index (κ1) is 23.6. The Morgan fingerprint density at radius 1 is 0.938 bits per heavy atom. The number of carbonyl (C=O) groups is 2. The molecular weight excluding hydrogens is 430 g/mol. The molecule has 0 aliphatic heterocycles. The summed E-state index contributed by atoms with van der Waals surface area (Å²) in [5.41, 5.74) is 1.82.